The second-order valence-corrected chi connectivity index (χ2v) is 7.00. The van der Waals surface area contributed by atoms with Crippen molar-refractivity contribution >= 4 is 0 Å². The van der Waals surface area contributed by atoms with Gasteiger partial charge in [0.25, 0.3) is 0 Å². The first kappa shape index (κ1) is 15.4. The van der Waals surface area contributed by atoms with Crippen molar-refractivity contribution < 1.29 is 4.74 Å². The van der Waals surface area contributed by atoms with Crippen molar-refractivity contribution in [1.82, 2.24) is 5.32 Å². The van der Waals surface area contributed by atoms with Crippen LogP contribution in [0, 0.1) is 19.3 Å². The summed E-state index contributed by atoms with van der Waals surface area (Å²) in [7, 11) is 0. The Hall–Kier alpha value is -1.02. The molecular weight excluding hydrogens is 246 g/mol. The predicted molar refractivity (Wildman–Crippen MR) is 85.4 cm³/mol. The number of aryl methyl sites for hydroxylation is 2. The minimum absolute atomic E-state index is 0.277. The van der Waals surface area contributed by atoms with Gasteiger partial charge in [0, 0.05) is 6.04 Å². The molecule has 0 radical (unpaired) electrons. The van der Waals surface area contributed by atoms with Gasteiger partial charge in [0.05, 0.1) is 0 Å². The molecule has 0 aromatic heterocycles. The van der Waals surface area contributed by atoms with Crippen molar-refractivity contribution in [3.63, 3.8) is 0 Å². The monoisotopic (exact) mass is 275 g/mol. The van der Waals surface area contributed by atoms with Crippen LogP contribution in [-0.4, -0.2) is 18.7 Å². The van der Waals surface area contributed by atoms with Gasteiger partial charge < -0.3 is 10.1 Å². The van der Waals surface area contributed by atoms with Crippen LogP contribution in [-0.2, 0) is 0 Å². The molecule has 1 saturated carbocycles. The highest BCUT2D eigenvalue weighted by Gasteiger charge is 2.36. The second-order valence-electron chi connectivity index (χ2n) is 7.00. The molecular formula is C18H29NO. The Balaban J connectivity index is 2.16. The lowest BCUT2D eigenvalue weighted by Crippen LogP contribution is -2.49. The average molecular weight is 275 g/mol. The third-order valence-electron chi connectivity index (χ3n) is 4.42. The first-order chi connectivity index (χ1) is 9.41. The van der Waals surface area contributed by atoms with Crippen molar-refractivity contribution in [2.24, 2.45) is 5.41 Å². The maximum Gasteiger partial charge on any atom is 0.122 e. The zero-order chi connectivity index (χ0) is 14.8. The van der Waals surface area contributed by atoms with E-state index in [0.717, 1.165) is 18.7 Å². The molecule has 20 heavy (non-hydrogen) atoms. The summed E-state index contributed by atoms with van der Waals surface area (Å²) in [5.41, 5.74) is 2.88. The molecule has 112 valence electrons. The van der Waals surface area contributed by atoms with Crippen molar-refractivity contribution in [3.8, 4) is 5.75 Å². The maximum atomic E-state index is 6.41. The molecule has 2 rings (SSSR count). The zero-order valence-electron chi connectivity index (χ0n) is 13.6. The third kappa shape index (κ3) is 3.76. The Bertz CT molecular complexity index is 453. The Labute approximate surface area is 123 Å². The van der Waals surface area contributed by atoms with Crippen molar-refractivity contribution in [1.29, 1.82) is 0 Å². The Morgan fingerprint density at radius 1 is 1.30 bits per heavy atom. The van der Waals surface area contributed by atoms with E-state index in [1.54, 1.807) is 0 Å². The Kier molecular flexibility index (Phi) is 4.74. The average Bonchev–Trinajstić information content (AvgIpc) is 2.37. The molecule has 2 nitrogen and oxygen atoms in total. The van der Waals surface area contributed by atoms with Crippen LogP contribution in [0.4, 0.5) is 0 Å². The van der Waals surface area contributed by atoms with Crippen molar-refractivity contribution in [3.05, 3.63) is 29.3 Å². The van der Waals surface area contributed by atoms with Crippen LogP contribution in [0.3, 0.4) is 0 Å². The molecule has 1 aliphatic rings. The van der Waals surface area contributed by atoms with E-state index >= 15 is 0 Å². The van der Waals surface area contributed by atoms with Gasteiger partial charge in [-0.3, -0.25) is 0 Å². The molecule has 0 bridgehead atoms. The first-order valence-corrected chi connectivity index (χ1v) is 7.88. The number of hydrogen-bond acceptors (Lipinski definition) is 2. The van der Waals surface area contributed by atoms with Crippen LogP contribution >= 0.6 is 0 Å². The Morgan fingerprint density at radius 2 is 2.05 bits per heavy atom. The number of hydrogen-bond donors (Lipinski definition) is 1. The molecule has 1 aliphatic carbocycles. The largest absolute Gasteiger partial charge is 0.489 e. The fourth-order valence-corrected chi connectivity index (χ4v) is 3.14. The highest BCUT2D eigenvalue weighted by molar-refractivity contribution is 5.36. The normalized spacial score (nSPS) is 25.4. The zero-order valence-corrected chi connectivity index (χ0v) is 13.6. The Morgan fingerprint density at radius 3 is 2.75 bits per heavy atom. The molecule has 1 aromatic rings. The molecule has 1 N–H and O–H groups in total. The number of nitrogens with one attached hydrogen (secondary N) is 1. The quantitative estimate of drug-likeness (QED) is 0.887. The van der Waals surface area contributed by atoms with Crippen LogP contribution in [0.2, 0.25) is 0 Å². The summed E-state index contributed by atoms with van der Waals surface area (Å²) in [6.45, 7) is 12.2. The van der Waals surface area contributed by atoms with Gasteiger partial charge in [0.2, 0.25) is 0 Å². The lowest BCUT2D eigenvalue weighted by Gasteiger charge is -2.41. The number of ether oxygens (including phenoxy) is 1. The summed E-state index contributed by atoms with van der Waals surface area (Å²) >= 11 is 0. The molecule has 2 atom stereocenters. The number of rotatable bonds is 4. The standard InChI is InChI=1S/C18H29NO/c1-6-19-15-9-10-18(4,5)12-17(15)20-16-11-13(2)7-8-14(16)3/h7-8,11,15,17,19H,6,9-10,12H2,1-5H3. The van der Waals surface area contributed by atoms with Gasteiger partial charge >= 0.3 is 0 Å². The van der Waals surface area contributed by atoms with E-state index in [1.165, 1.54) is 24.0 Å². The lowest BCUT2D eigenvalue weighted by atomic mass is 9.74. The van der Waals surface area contributed by atoms with E-state index in [-0.39, 0.29) is 6.10 Å². The molecule has 0 heterocycles. The fourth-order valence-electron chi connectivity index (χ4n) is 3.14. The van der Waals surface area contributed by atoms with Crippen LogP contribution in [0.15, 0.2) is 18.2 Å². The van der Waals surface area contributed by atoms with Crippen LogP contribution in [0.25, 0.3) is 0 Å². The summed E-state index contributed by atoms with van der Waals surface area (Å²) in [5, 5.41) is 3.60. The maximum absolute atomic E-state index is 6.41. The first-order valence-electron chi connectivity index (χ1n) is 7.88. The minimum atomic E-state index is 0.277. The number of likely N-dealkylation sites (N-methyl/N-ethyl adjacent to an activating group) is 1. The van der Waals surface area contributed by atoms with E-state index < -0.39 is 0 Å². The summed E-state index contributed by atoms with van der Waals surface area (Å²) in [5.74, 6) is 1.05. The van der Waals surface area contributed by atoms with E-state index in [4.69, 9.17) is 4.74 Å². The van der Waals surface area contributed by atoms with Gasteiger partial charge in [-0.2, -0.15) is 0 Å². The van der Waals surface area contributed by atoms with Gasteiger partial charge in [-0.1, -0.05) is 32.9 Å². The molecule has 0 saturated heterocycles. The number of benzene rings is 1. The summed E-state index contributed by atoms with van der Waals surface area (Å²) in [4.78, 5) is 0. The van der Waals surface area contributed by atoms with Gasteiger partial charge in [0.1, 0.15) is 11.9 Å². The molecule has 0 aliphatic heterocycles. The predicted octanol–water partition coefficient (Wildman–Crippen LogP) is 4.24. The van der Waals surface area contributed by atoms with Gasteiger partial charge in [-0.25, -0.2) is 0 Å². The summed E-state index contributed by atoms with van der Waals surface area (Å²) in [6.07, 6.45) is 3.88. The highest BCUT2D eigenvalue weighted by Crippen LogP contribution is 2.37. The SMILES string of the molecule is CCNC1CCC(C)(C)CC1Oc1cc(C)ccc1C. The summed E-state index contributed by atoms with van der Waals surface area (Å²) < 4.78 is 6.41. The summed E-state index contributed by atoms with van der Waals surface area (Å²) in [6, 6.07) is 6.95. The van der Waals surface area contributed by atoms with E-state index in [0.29, 0.717) is 11.5 Å². The molecule has 0 spiro atoms. The van der Waals surface area contributed by atoms with Crippen LogP contribution < -0.4 is 10.1 Å². The second kappa shape index (κ2) is 6.17. The van der Waals surface area contributed by atoms with Crippen LogP contribution in [0.1, 0.15) is 51.2 Å². The van der Waals surface area contributed by atoms with Gasteiger partial charge in [-0.15, -0.1) is 0 Å². The van der Waals surface area contributed by atoms with Gasteiger partial charge in [0.15, 0.2) is 0 Å². The smallest absolute Gasteiger partial charge is 0.122 e. The molecule has 2 heteroatoms. The molecule has 0 amide bonds. The van der Waals surface area contributed by atoms with Crippen molar-refractivity contribution in [2.75, 3.05) is 6.54 Å². The van der Waals surface area contributed by atoms with E-state index in [9.17, 15) is 0 Å². The highest BCUT2D eigenvalue weighted by atomic mass is 16.5. The third-order valence-corrected chi connectivity index (χ3v) is 4.42. The van der Waals surface area contributed by atoms with Crippen LogP contribution in [0.5, 0.6) is 5.75 Å². The fraction of sp³-hybridized carbons (Fsp3) is 0.667. The molecule has 1 fully saturated rings. The van der Waals surface area contributed by atoms with Crippen molar-refractivity contribution in [2.45, 2.75) is 66.0 Å². The topological polar surface area (TPSA) is 21.3 Å². The molecule has 2 unspecified atom stereocenters. The van der Waals surface area contributed by atoms with E-state index in [2.05, 4.69) is 58.1 Å². The lowest BCUT2D eigenvalue weighted by molar-refractivity contribution is 0.0531. The molecule has 1 aromatic carbocycles. The van der Waals surface area contributed by atoms with Gasteiger partial charge in [-0.05, 0) is 62.3 Å². The van der Waals surface area contributed by atoms with E-state index in [1.807, 2.05) is 0 Å². The minimum Gasteiger partial charge on any atom is -0.489 e.